The van der Waals surface area contributed by atoms with Crippen molar-refractivity contribution < 1.29 is 4.74 Å². The number of para-hydroxylation sites is 2. The molecule has 4 rings (SSSR count). The molecule has 28 heavy (non-hydrogen) atoms. The smallest absolute Gasteiger partial charge is 0.158 e. The maximum absolute atomic E-state index is 6.90. The van der Waals surface area contributed by atoms with Gasteiger partial charge in [-0.25, -0.2) is 0 Å². The lowest BCUT2D eigenvalue weighted by molar-refractivity contribution is -0.0574. The zero-order valence-electron chi connectivity index (χ0n) is 17.1. The van der Waals surface area contributed by atoms with E-state index < -0.39 is 5.60 Å². The Labute approximate surface area is 168 Å². The number of fused-ring (bicyclic) bond motifs is 2. The molecule has 0 radical (unpaired) electrons. The molecule has 0 aromatic heterocycles. The summed E-state index contributed by atoms with van der Waals surface area (Å²) in [5.74, 6) is 0. The van der Waals surface area contributed by atoms with Gasteiger partial charge in [0.05, 0.1) is 17.0 Å². The van der Waals surface area contributed by atoms with E-state index in [0.717, 1.165) is 17.1 Å². The second-order valence-corrected chi connectivity index (χ2v) is 7.90. The topological polar surface area (TPSA) is 12.5 Å². The summed E-state index contributed by atoms with van der Waals surface area (Å²) in [6, 6.07) is 19.1. The maximum atomic E-state index is 6.90. The summed E-state index contributed by atoms with van der Waals surface area (Å²) in [6.07, 6.45) is 7.96. The summed E-state index contributed by atoms with van der Waals surface area (Å²) in [5.41, 5.74) is 6.23. The molecule has 2 aliphatic heterocycles. The van der Waals surface area contributed by atoms with Gasteiger partial charge in [0.2, 0.25) is 0 Å². The van der Waals surface area contributed by atoms with Crippen LogP contribution >= 0.6 is 0 Å². The molecule has 0 bridgehead atoms. The second kappa shape index (κ2) is 6.65. The first-order valence-corrected chi connectivity index (χ1v) is 9.76. The highest BCUT2D eigenvalue weighted by molar-refractivity contribution is 5.82. The molecule has 2 aromatic carbocycles. The minimum atomic E-state index is -0.592. The van der Waals surface area contributed by atoms with Crippen LogP contribution in [0.15, 0.2) is 102 Å². The van der Waals surface area contributed by atoms with Crippen LogP contribution in [0.1, 0.15) is 33.3 Å². The quantitative estimate of drug-likeness (QED) is 0.435. The molecule has 2 heteroatoms. The summed E-state index contributed by atoms with van der Waals surface area (Å²) in [6.45, 7) is 12.5. The van der Waals surface area contributed by atoms with Gasteiger partial charge in [0.15, 0.2) is 5.60 Å². The van der Waals surface area contributed by atoms with Gasteiger partial charge in [-0.1, -0.05) is 61.2 Å². The largest absolute Gasteiger partial charge is 0.349 e. The first-order valence-electron chi connectivity index (χ1n) is 9.76. The normalized spacial score (nSPS) is 24.6. The van der Waals surface area contributed by atoms with Crippen LogP contribution in [-0.4, -0.2) is 5.60 Å². The first-order chi connectivity index (χ1) is 13.4. The molecule has 0 amide bonds. The van der Waals surface area contributed by atoms with E-state index in [9.17, 15) is 0 Å². The van der Waals surface area contributed by atoms with Gasteiger partial charge in [0.25, 0.3) is 0 Å². The van der Waals surface area contributed by atoms with Crippen LogP contribution < -0.4 is 4.90 Å². The molecule has 0 fully saturated rings. The molecule has 2 aliphatic rings. The van der Waals surface area contributed by atoms with Crippen LogP contribution in [-0.2, 0) is 10.3 Å². The number of nitrogens with zero attached hydrogens (tertiary/aromatic N) is 1. The van der Waals surface area contributed by atoms with E-state index in [4.69, 9.17) is 4.74 Å². The van der Waals surface area contributed by atoms with Crippen molar-refractivity contribution in [1.29, 1.82) is 0 Å². The Balaban J connectivity index is 2.04. The molecule has 0 N–H and O–H groups in total. The van der Waals surface area contributed by atoms with Crippen LogP contribution in [0.3, 0.4) is 0 Å². The highest BCUT2D eigenvalue weighted by Crippen LogP contribution is 2.61. The molecule has 0 saturated heterocycles. The fourth-order valence-corrected chi connectivity index (χ4v) is 4.42. The van der Waals surface area contributed by atoms with E-state index in [1.54, 1.807) is 6.08 Å². The van der Waals surface area contributed by atoms with E-state index in [1.165, 1.54) is 16.7 Å². The van der Waals surface area contributed by atoms with Crippen molar-refractivity contribution in [3.8, 4) is 0 Å². The van der Waals surface area contributed by atoms with E-state index in [-0.39, 0.29) is 5.60 Å². The molecule has 142 valence electrons. The van der Waals surface area contributed by atoms with Crippen molar-refractivity contribution in [2.45, 2.75) is 38.9 Å². The number of hydrogen-bond acceptors (Lipinski definition) is 2. The predicted octanol–water partition coefficient (Wildman–Crippen LogP) is 6.80. The standard InChI is InChI=1S/C26H27NO/c1-6-7-9-18-24-26(20(3)19(2)25(4,5)28-26)22-16-12-13-17-23(22)27(24)21-14-10-8-11-15-21/h6-18H,1H2,2-5H3/b9-7-,24-18-. The monoisotopic (exact) mass is 369 g/mol. The molecule has 0 aliphatic carbocycles. The first kappa shape index (κ1) is 18.5. The molecule has 1 spiro atoms. The number of allylic oxidation sites excluding steroid dienone is 4. The Morgan fingerprint density at radius 3 is 2.21 bits per heavy atom. The van der Waals surface area contributed by atoms with Crippen molar-refractivity contribution in [2.75, 3.05) is 4.90 Å². The predicted molar refractivity (Wildman–Crippen MR) is 118 cm³/mol. The number of rotatable bonds is 3. The average molecular weight is 370 g/mol. The molecule has 2 nitrogen and oxygen atoms in total. The van der Waals surface area contributed by atoms with Crippen molar-refractivity contribution in [3.63, 3.8) is 0 Å². The zero-order valence-corrected chi connectivity index (χ0v) is 17.1. The van der Waals surface area contributed by atoms with Crippen LogP contribution in [0, 0.1) is 0 Å². The molecule has 1 atom stereocenters. The highest BCUT2D eigenvalue weighted by atomic mass is 16.5. The van der Waals surface area contributed by atoms with Gasteiger partial charge in [0, 0.05) is 11.3 Å². The second-order valence-electron chi connectivity index (χ2n) is 7.90. The Hall–Kier alpha value is -2.84. The van der Waals surface area contributed by atoms with Gasteiger partial charge >= 0.3 is 0 Å². The summed E-state index contributed by atoms with van der Waals surface area (Å²) < 4.78 is 6.90. The molecule has 1 unspecified atom stereocenters. The van der Waals surface area contributed by atoms with Crippen molar-refractivity contribution >= 4 is 11.4 Å². The van der Waals surface area contributed by atoms with Crippen molar-refractivity contribution in [1.82, 2.24) is 0 Å². The summed E-state index contributed by atoms with van der Waals surface area (Å²) in [5, 5.41) is 0. The lowest BCUT2D eigenvalue weighted by atomic mass is 9.84. The third kappa shape index (κ3) is 2.52. The average Bonchev–Trinajstić information content (AvgIpc) is 3.07. The van der Waals surface area contributed by atoms with Gasteiger partial charge in [-0.05, 0) is 63.1 Å². The van der Waals surface area contributed by atoms with Crippen LogP contribution in [0.25, 0.3) is 0 Å². The SMILES string of the molecule is C=C/C=C\C=C1/N(c2ccccc2)c2ccccc2C12OC(C)(C)C(C)=C2C. The number of ether oxygens (including phenoxy) is 1. The van der Waals surface area contributed by atoms with Crippen molar-refractivity contribution in [2.24, 2.45) is 0 Å². The van der Waals surface area contributed by atoms with Crippen LogP contribution in [0.4, 0.5) is 11.4 Å². The molecular weight excluding hydrogens is 342 g/mol. The number of hydrogen-bond donors (Lipinski definition) is 0. The highest BCUT2D eigenvalue weighted by Gasteiger charge is 2.57. The van der Waals surface area contributed by atoms with Gasteiger partial charge in [0.1, 0.15) is 0 Å². The third-order valence-corrected chi connectivity index (χ3v) is 6.04. The van der Waals surface area contributed by atoms with Gasteiger partial charge in [-0.2, -0.15) is 0 Å². The van der Waals surface area contributed by atoms with Gasteiger partial charge in [-0.15, -0.1) is 0 Å². The van der Waals surface area contributed by atoms with E-state index in [2.05, 4.69) is 93.8 Å². The molecule has 2 aromatic rings. The maximum Gasteiger partial charge on any atom is 0.158 e. The van der Waals surface area contributed by atoms with E-state index in [0.29, 0.717) is 0 Å². The molecule has 0 saturated carbocycles. The summed E-state index contributed by atoms with van der Waals surface area (Å²) in [4.78, 5) is 2.32. The zero-order chi connectivity index (χ0) is 19.9. The summed E-state index contributed by atoms with van der Waals surface area (Å²) >= 11 is 0. The van der Waals surface area contributed by atoms with E-state index >= 15 is 0 Å². The number of anilines is 2. The summed E-state index contributed by atoms with van der Waals surface area (Å²) in [7, 11) is 0. The third-order valence-electron chi connectivity index (χ3n) is 6.04. The Kier molecular flexibility index (Phi) is 4.40. The van der Waals surface area contributed by atoms with Gasteiger partial charge in [-0.3, -0.25) is 0 Å². The molecular formula is C26H27NO. The number of benzene rings is 2. The van der Waals surface area contributed by atoms with Crippen LogP contribution in [0.5, 0.6) is 0 Å². The van der Waals surface area contributed by atoms with Gasteiger partial charge < -0.3 is 9.64 Å². The lowest BCUT2D eigenvalue weighted by Crippen LogP contribution is -2.35. The Morgan fingerprint density at radius 1 is 0.893 bits per heavy atom. The fourth-order valence-electron chi connectivity index (χ4n) is 4.42. The minimum Gasteiger partial charge on any atom is -0.349 e. The lowest BCUT2D eigenvalue weighted by Gasteiger charge is -2.34. The van der Waals surface area contributed by atoms with Crippen molar-refractivity contribution in [3.05, 3.63) is 108 Å². The fraction of sp³-hybridized carbons (Fsp3) is 0.231. The van der Waals surface area contributed by atoms with Crippen LogP contribution in [0.2, 0.25) is 0 Å². The Bertz CT molecular complexity index is 1010. The minimum absolute atomic E-state index is 0.328. The van der Waals surface area contributed by atoms with E-state index in [1.807, 2.05) is 18.2 Å². The molecule has 2 heterocycles. The Morgan fingerprint density at radius 2 is 1.57 bits per heavy atom.